The van der Waals surface area contributed by atoms with Gasteiger partial charge in [-0.1, -0.05) is 115 Å². The minimum Gasteiger partial charge on any atom is -0.394 e. The molecule has 0 aromatic carbocycles. The first-order valence-corrected chi connectivity index (χ1v) is 21.2. The number of rotatable bonds is 30. The van der Waals surface area contributed by atoms with Crippen LogP contribution in [0.2, 0.25) is 0 Å². The molecule has 2 saturated heterocycles. The summed E-state index contributed by atoms with van der Waals surface area (Å²) < 4.78 is 22.3. The van der Waals surface area contributed by atoms with Crippen LogP contribution < -0.4 is 5.32 Å². The third-order valence-electron chi connectivity index (χ3n) is 10.3. The number of hydrogen-bond acceptors (Lipinski definition) is 13. The van der Waals surface area contributed by atoms with E-state index in [2.05, 4.69) is 36.5 Å². The van der Waals surface area contributed by atoms with Crippen molar-refractivity contribution in [2.24, 2.45) is 0 Å². The van der Waals surface area contributed by atoms with Crippen LogP contribution in [0, 0.1) is 0 Å². The summed E-state index contributed by atoms with van der Waals surface area (Å²) in [7, 11) is 0. The van der Waals surface area contributed by atoms with Crippen LogP contribution in [0.4, 0.5) is 0 Å². The molecule has 0 bridgehead atoms. The van der Waals surface area contributed by atoms with E-state index in [1.807, 2.05) is 13.0 Å². The zero-order valence-corrected chi connectivity index (χ0v) is 33.9. The Hall–Kier alpha value is -1.79. The summed E-state index contributed by atoms with van der Waals surface area (Å²) in [5, 5.41) is 85.4. The minimum absolute atomic E-state index is 0.219. The van der Waals surface area contributed by atoms with Crippen LogP contribution in [-0.2, 0) is 23.7 Å². The quantitative estimate of drug-likeness (QED) is 0.0376. The van der Waals surface area contributed by atoms with E-state index in [9.17, 15) is 45.6 Å². The molecule has 2 fully saturated rings. The zero-order chi connectivity index (χ0) is 41.1. The van der Waals surface area contributed by atoms with Crippen LogP contribution in [0.3, 0.4) is 0 Å². The molecule has 0 aromatic heterocycles. The maximum atomic E-state index is 12.5. The molecule has 0 saturated carbocycles. The number of amides is 1. The number of allylic oxidation sites excluding steroid dienone is 5. The zero-order valence-electron chi connectivity index (χ0n) is 33.9. The Morgan fingerprint density at radius 2 is 1.14 bits per heavy atom. The van der Waals surface area contributed by atoms with Crippen LogP contribution in [-0.4, -0.2) is 140 Å². The van der Waals surface area contributed by atoms with Gasteiger partial charge in [0.15, 0.2) is 12.6 Å². The molecule has 12 atom stereocenters. The number of aliphatic hydroxyl groups is 8. The summed E-state index contributed by atoms with van der Waals surface area (Å²) >= 11 is 0. The molecule has 14 heteroatoms. The predicted molar refractivity (Wildman–Crippen MR) is 212 cm³/mol. The molecule has 12 unspecified atom stereocenters. The van der Waals surface area contributed by atoms with Gasteiger partial charge < -0.3 is 65.1 Å². The van der Waals surface area contributed by atoms with E-state index in [-0.39, 0.29) is 18.9 Å². The highest BCUT2D eigenvalue weighted by atomic mass is 16.7. The molecule has 0 aromatic rings. The molecule has 56 heavy (non-hydrogen) atoms. The number of ether oxygens (including phenoxy) is 4. The number of carbonyl (C=O) groups excluding carboxylic acids is 1. The van der Waals surface area contributed by atoms with E-state index >= 15 is 0 Å². The second-order valence-electron chi connectivity index (χ2n) is 15.1. The van der Waals surface area contributed by atoms with Gasteiger partial charge in [-0.15, -0.1) is 0 Å². The summed E-state index contributed by atoms with van der Waals surface area (Å²) in [4.78, 5) is 12.5. The molecule has 2 aliphatic heterocycles. The third kappa shape index (κ3) is 18.9. The number of unbranched alkanes of at least 4 members (excludes halogenated alkanes) is 13. The topological polar surface area (TPSA) is 228 Å². The van der Waals surface area contributed by atoms with E-state index in [4.69, 9.17) is 18.9 Å². The van der Waals surface area contributed by atoms with Gasteiger partial charge in [-0.25, -0.2) is 0 Å². The van der Waals surface area contributed by atoms with Gasteiger partial charge in [-0.05, 0) is 44.9 Å². The molecular formula is C42H75NO13. The molecule has 1 amide bonds. The van der Waals surface area contributed by atoms with Crippen molar-refractivity contribution in [3.63, 3.8) is 0 Å². The van der Waals surface area contributed by atoms with Gasteiger partial charge in [0, 0.05) is 6.42 Å². The lowest BCUT2D eigenvalue weighted by Gasteiger charge is -2.46. The average Bonchev–Trinajstić information content (AvgIpc) is 3.19. The Morgan fingerprint density at radius 3 is 1.71 bits per heavy atom. The number of nitrogens with one attached hydrogen (secondary N) is 1. The molecular weight excluding hydrogens is 726 g/mol. The highest BCUT2D eigenvalue weighted by molar-refractivity contribution is 5.76. The van der Waals surface area contributed by atoms with Gasteiger partial charge >= 0.3 is 0 Å². The smallest absolute Gasteiger partial charge is 0.220 e. The third-order valence-corrected chi connectivity index (χ3v) is 10.3. The SMILES string of the molecule is CCCCCCCCCCCCC/C=C/CC/C=C/CC/C=C/C(O)C(COC1OC(CO)C(OC2OC(CO)C(O)C(O)C2O)C(O)C1O)NC(=O)CCC. The Kier molecular flexibility index (Phi) is 27.2. The number of aliphatic hydroxyl groups excluding tert-OH is 8. The molecule has 0 spiro atoms. The van der Waals surface area contributed by atoms with E-state index < -0.39 is 86.8 Å². The second-order valence-corrected chi connectivity index (χ2v) is 15.1. The molecule has 326 valence electrons. The molecule has 14 nitrogen and oxygen atoms in total. The monoisotopic (exact) mass is 802 g/mol. The van der Waals surface area contributed by atoms with E-state index in [0.717, 1.165) is 25.7 Å². The lowest BCUT2D eigenvalue weighted by molar-refractivity contribution is -0.359. The summed E-state index contributed by atoms with van der Waals surface area (Å²) in [5.74, 6) is -0.310. The fraction of sp³-hybridized carbons (Fsp3) is 0.833. The van der Waals surface area contributed by atoms with Crippen molar-refractivity contribution >= 4 is 5.91 Å². The van der Waals surface area contributed by atoms with Crippen molar-refractivity contribution in [3.05, 3.63) is 36.5 Å². The lowest BCUT2D eigenvalue weighted by atomic mass is 9.97. The maximum absolute atomic E-state index is 12.5. The molecule has 0 aliphatic carbocycles. The van der Waals surface area contributed by atoms with Crippen molar-refractivity contribution in [1.82, 2.24) is 5.32 Å². The normalized spacial score (nSPS) is 29.8. The van der Waals surface area contributed by atoms with E-state index in [1.54, 1.807) is 6.08 Å². The number of carbonyl (C=O) groups is 1. The largest absolute Gasteiger partial charge is 0.394 e. The molecule has 0 radical (unpaired) electrons. The Morgan fingerprint density at radius 1 is 0.625 bits per heavy atom. The van der Waals surface area contributed by atoms with Crippen molar-refractivity contribution in [2.45, 2.75) is 203 Å². The summed E-state index contributed by atoms with van der Waals surface area (Å²) in [6, 6.07) is -0.929. The van der Waals surface area contributed by atoms with Crippen molar-refractivity contribution in [3.8, 4) is 0 Å². The maximum Gasteiger partial charge on any atom is 0.220 e. The standard InChI is InChI=1S/C42H75NO13/c1-3-5-6-7-8-9-10-11-12-13-14-15-16-17-18-19-20-21-22-23-24-26-31(46)30(43-34(47)25-4-2)29-53-41-39(52)37(50)40(33(28-45)55-41)56-42-38(51)36(49)35(48)32(27-44)54-42/h16-17,20-21,24,26,30-33,35-42,44-46,48-52H,3-15,18-19,22-23,25,27-29H2,1-2H3,(H,43,47)/b17-16+,21-20+,26-24+. The molecule has 2 aliphatic rings. The van der Waals surface area contributed by atoms with Crippen molar-refractivity contribution in [1.29, 1.82) is 0 Å². The van der Waals surface area contributed by atoms with Crippen molar-refractivity contribution in [2.75, 3.05) is 19.8 Å². The van der Waals surface area contributed by atoms with Gasteiger partial charge in [0.2, 0.25) is 5.91 Å². The fourth-order valence-corrected chi connectivity index (χ4v) is 6.78. The first kappa shape index (κ1) is 50.4. The van der Waals surface area contributed by atoms with E-state index in [0.29, 0.717) is 12.8 Å². The first-order valence-electron chi connectivity index (χ1n) is 21.2. The summed E-state index contributed by atoms with van der Waals surface area (Å²) in [6.45, 7) is 2.35. The summed E-state index contributed by atoms with van der Waals surface area (Å²) in [5.41, 5.74) is 0. The van der Waals surface area contributed by atoms with Crippen molar-refractivity contribution < 1.29 is 64.6 Å². The molecule has 9 N–H and O–H groups in total. The Balaban J connectivity index is 1.75. The van der Waals surface area contributed by atoms with Crippen LogP contribution in [0.15, 0.2) is 36.5 Å². The van der Waals surface area contributed by atoms with Crippen LogP contribution in [0.1, 0.15) is 129 Å². The fourth-order valence-electron chi connectivity index (χ4n) is 6.78. The Labute approximate surface area is 334 Å². The highest BCUT2D eigenvalue weighted by Gasteiger charge is 2.50. The molecule has 2 heterocycles. The van der Waals surface area contributed by atoms with E-state index in [1.165, 1.54) is 70.6 Å². The predicted octanol–water partition coefficient (Wildman–Crippen LogP) is 3.20. The first-order chi connectivity index (χ1) is 27.1. The van der Waals surface area contributed by atoms with Gasteiger partial charge in [-0.3, -0.25) is 4.79 Å². The lowest BCUT2D eigenvalue weighted by Crippen LogP contribution is -2.65. The van der Waals surface area contributed by atoms with Crippen LogP contribution in [0.25, 0.3) is 0 Å². The van der Waals surface area contributed by atoms with Gasteiger partial charge in [0.1, 0.15) is 48.8 Å². The van der Waals surface area contributed by atoms with Gasteiger partial charge in [0.05, 0.1) is 32.0 Å². The molecule has 2 rings (SSSR count). The van der Waals surface area contributed by atoms with Gasteiger partial charge in [-0.2, -0.15) is 0 Å². The van der Waals surface area contributed by atoms with Gasteiger partial charge in [0.25, 0.3) is 0 Å². The average molecular weight is 802 g/mol. The second kappa shape index (κ2) is 30.3. The minimum atomic E-state index is -1.79. The highest BCUT2D eigenvalue weighted by Crippen LogP contribution is 2.29. The summed E-state index contributed by atoms with van der Waals surface area (Å²) in [6.07, 6.45) is 15.4. The number of hydrogen-bond donors (Lipinski definition) is 9. The van der Waals surface area contributed by atoms with Crippen LogP contribution >= 0.6 is 0 Å². The van der Waals surface area contributed by atoms with Crippen LogP contribution in [0.5, 0.6) is 0 Å². The Bertz CT molecular complexity index is 1090.